The van der Waals surface area contributed by atoms with E-state index in [1.807, 2.05) is 0 Å². The molecule has 0 atom stereocenters. The number of benzene rings is 11. The zero-order chi connectivity index (χ0) is 46.6. The maximum Gasteiger partial charge on any atom is 0.143 e. The molecule has 0 saturated heterocycles. The highest BCUT2D eigenvalue weighted by molar-refractivity contribution is 6.17. The number of furan rings is 1. The van der Waals surface area contributed by atoms with Gasteiger partial charge in [-0.25, -0.2) is 0 Å². The molecule has 2 aliphatic rings. The second-order valence-corrected chi connectivity index (χ2v) is 19.5. The van der Waals surface area contributed by atoms with Crippen LogP contribution in [0.25, 0.3) is 77.2 Å². The van der Waals surface area contributed by atoms with Gasteiger partial charge in [-0.05, 0) is 109 Å². The van der Waals surface area contributed by atoms with Crippen molar-refractivity contribution in [2.75, 3.05) is 4.90 Å². The summed E-state index contributed by atoms with van der Waals surface area (Å²) in [6, 6.07) is 91.7. The second-order valence-electron chi connectivity index (χ2n) is 19.5. The lowest BCUT2D eigenvalue weighted by Gasteiger charge is -2.34. The fourth-order valence-corrected chi connectivity index (χ4v) is 12.4. The molecule has 2 nitrogen and oxygen atoms in total. The average molecular weight is 894 g/mol. The third-order valence-electron chi connectivity index (χ3n) is 15.6. The van der Waals surface area contributed by atoms with Crippen molar-refractivity contribution in [3.05, 3.63) is 282 Å². The molecule has 11 aromatic carbocycles. The molecule has 1 aromatic heterocycles. The highest BCUT2D eigenvalue weighted by atomic mass is 16.3. The van der Waals surface area contributed by atoms with E-state index in [2.05, 4.69) is 267 Å². The second kappa shape index (κ2) is 15.4. The Labute approximate surface area is 408 Å². The molecule has 0 unspecified atom stereocenters. The van der Waals surface area contributed by atoms with E-state index in [1.165, 1.54) is 72.1 Å². The lowest BCUT2D eigenvalue weighted by molar-refractivity contribution is 0.660. The van der Waals surface area contributed by atoms with Crippen LogP contribution in [0, 0.1) is 0 Å². The van der Waals surface area contributed by atoms with Crippen molar-refractivity contribution in [1.82, 2.24) is 0 Å². The van der Waals surface area contributed by atoms with Crippen molar-refractivity contribution in [3.8, 4) is 44.5 Å². The Kier molecular flexibility index (Phi) is 8.88. The Morgan fingerprint density at radius 3 is 1.54 bits per heavy atom. The van der Waals surface area contributed by atoms with Gasteiger partial charge in [0.1, 0.15) is 11.2 Å². The molecule has 2 heteroatoms. The van der Waals surface area contributed by atoms with E-state index >= 15 is 0 Å². The summed E-state index contributed by atoms with van der Waals surface area (Å²) in [5, 5.41) is 4.56. The van der Waals surface area contributed by atoms with Crippen molar-refractivity contribution < 1.29 is 4.42 Å². The predicted molar refractivity (Wildman–Crippen MR) is 292 cm³/mol. The molecular weight excluding hydrogens is 847 g/mol. The van der Waals surface area contributed by atoms with E-state index in [0.717, 1.165) is 55.5 Å². The first-order chi connectivity index (χ1) is 34.5. The molecule has 0 fully saturated rings. The normalized spacial score (nSPS) is 13.8. The monoisotopic (exact) mass is 893 g/mol. The van der Waals surface area contributed by atoms with Gasteiger partial charge < -0.3 is 9.32 Å². The lowest BCUT2D eigenvalue weighted by atomic mass is 9.68. The molecule has 0 radical (unpaired) electrons. The molecule has 14 rings (SSSR count). The van der Waals surface area contributed by atoms with Crippen LogP contribution in [0.1, 0.15) is 47.2 Å². The number of fused-ring (bicyclic) bond motifs is 11. The van der Waals surface area contributed by atoms with Gasteiger partial charge in [-0.15, -0.1) is 0 Å². The van der Waals surface area contributed by atoms with Gasteiger partial charge in [0.15, 0.2) is 0 Å². The van der Waals surface area contributed by atoms with Gasteiger partial charge in [-0.2, -0.15) is 0 Å². The summed E-state index contributed by atoms with van der Waals surface area (Å²) in [6.45, 7) is 4.71. The fourth-order valence-electron chi connectivity index (χ4n) is 12.4. The first-order valence-electron chi connectivity index (χ1n) is 24.4. The van der Waals surface area contributed by atoms with Crippen LogP contribution < -0.4 is 4.90 Å². The summed E-state index contributed by atoms with van der Waals surface area (Å²) in [7, 11) is 0. The topological polar surface area (TPSA) is 16.4 Å². The molecule has 70 heavy (non-hydrogen) atoms. The van der Waals surface area contributed by atoms with Crippen molar-refractivity contribution >= 4 is 49.8 Å². The Hall–Kier alpha value is -8.72. The number of hydrogen-bond donors (Lipinski definition) is 0. The third-order valence-corrected chi connectivity index (χ3v) is 15.6. The van der Waals surface area contributed by atoms with Crippen molar-refractivity contribution in [1.29, 1.82) is 0 Å². The first kappa shape index (κ1) is 40.4. The third kappa shape index (κ3) is 5.74. The number of nitrogens with zero attached hydrogens (tertiary/aromatic N) is 1. The number of para-hydroxylation sites is 1. The zero-order valence-corrected chi connectivity index (χ0v) is 39.0. The quantitative estimate of drug-likeness (QED) is 0.158. The van der Waals surface area contributed by atoms with E-state index in [9.17, 15) is 0 Å². The molecule has 0 bridgehead atoms. The Morgan fingerprint density at radius 1 is 0.329 bits per heavy atom. The number of anilines is 3. The van der Waals surface area contributed by atoms with Crippen LogP contribution in [-0.2, 0) is 10.8 Å². The summed E-state index contributed by atoms with van der Waals surface area (Å²) in [6.07, 6.45) is 0. The predicted octanol–water partition coefficient (Wildman–Crippen LogP) is 18.2. The van der Waals surface area contributed by atoms with Crippen LogP contribution in [0.5, 0.6) is 0 Å². The van der Waals surface area contributed by atoms with Gasteiger partial charge in [-0.3, -0.25) is 0 Å². The average Bonchev–Trinajstić information content (AvgIpc) is 4.04. The minimum Gasteiger partial charge on any atom is -0.455 e. The Bertz CT molecular complexity index is 3970. The van der Waals surface area contributed by atoms with Gasteiger partial charge in [0, 0.05) is 44.1 Å². The number of hydrogen-bond acceptors (Lipinski definition) is 2. The summed E-state index contributed by atoms with van der Waals surface area (Å²) < 4.78 is 6.84. The molecule has 330 valence electrons. The molecule has 0 saturated carbocycles. The van der Waals surface area contributed by atoms with Crippen LogP contribution in [0.15, 0.2) is 253 Å². The molecule has 0 spiro atoms. The van der Waals surface area contributed by atoms with E-state index < -0.39 is 5.41 Å². The van der Waals surface area contributed by atoms with Gasteiger partial charge in [0.2, 0.25) is 0 Å². The van der Waals surface area contributed by atoms with Gasteiger partial charge in [0.25, 0.3) is 0 Å². The smallest absolute Gasteiger partial charge is 0.143 e. The first-order valence-corrected chi connectivity index (χ1v) is 24.4. The molecular formula is C68H47NO. The molecule has 1 heterocycles. The standard InChI is InChI=1S/C68H47NO/c1-67(2)58-29-13-11-24-56(58)63-51(26-16-31-60(63)67)45-34-39-49(40-35-45)69(50-41-36-46(37-42-50)53-27-15-28-54-55-43-38-44-18-9-10-23-52(44)66(55)70-65(53)54)62-33-17-32-61-64(62)57-25-12-14-30-59(57)68(61,47-19-5-3-6-20-47)48-21-7-4-8-22-48/h3-43H,1-2H3. The van der Waals surface area contributed by atoms with E-state index in [-0.39, 0.29) is 5.41 Å². The lowest BCUT2D eigenvalue weighted by Crippen LogP contribution is -2.28. The maximum absolute atomic E-state index is 6.84. The maximum atomic E-state index is 6.84. The number of rotatable bonds is 7. The van der Waals surface area contributed by atoms with Crippen LogP contribution >= 0.6 is 0 Å². The van der Waals surface area contributed by atoms with E-state index in [1.54, 1.807) is 0 Å². The minimum atomic E-state index is -0.530. The fraction of sp³-hybridized carbons (Fsp3) is 0.0588. The molecule has 0 N–H and O–H groups in total. The minimum absolute atomic E-state index is 0.0755. The van der Waals surface area contributed by atoms with Crippen LogP contribution in [0.4, 0.5) is 17.1 Å². The van der Waals surface area contributed by atoms with Crippen molar-refractivity contribution in [2.24, 2.45) is 0 Å². The van der Waals surface area contributed by atoms with Gasteiger partial charge >= 0.3 is 0 Å². The molecule has 0 amide bonds. The van der Waals surface area contributed by atoms with Crippen molar-refractivity contribution in [2.45, 2.75) is 24.7 Å². The summed E-state index contributed by atoms with van der Waals surface area (Å²) in [4.78, 5) is 2.47. The SMILES string of the molecule is CC1(C)c2ccccc2-c2c(-c3ccc(N(c4ccc(-c5cccc6c5oc5c7ccccc7ccc65)cc4)c4cccc5c4-c4ccccc4C5(c4ccccc4)c4ccccc4)cc3)cccc21. The summed E-state index contributed by atoms with van der Waals surface area (Å²) in [5.74, 6) is 0. The van der Waals surface area contributed by atoms with Gasteiger partial charge in [-0.1, -0.05) is 226 Å². The largest absolute Gasteiger partial charge is 0.455 e. The van der Waals surface area contributed by atoms with Crippen LogP contribution in [0.2, 0.25) is 0 Å². The summed E-state index contributed by atoms with van der Waals surface area (Å²) in [5.41, 5.74) is 22.1. The van der Waals surface area contributed by atoms with Gasteiger partial charge in [0.05, 0.1) is 11.1 Å². The highest BCUT2D eigenvalue weighted by Gasteiger charge is 2.47. The van der Waals surface area contributed by atoms with Crippen molar-refractivity contribution in [3.63, 3.8) is 0 Å². The van der Waals surface area contributed by atoms with Crippen LogP contribution in [0.3, 0.4) is 0 Å². The summed E-state index contributed by atoms with van der Waals surface area (Å²) >= 11 is 0. The van der Waals surface area contributed by atoms with E-state index in [4.69, 9.17) is 4.42 Å². The molecule has 2 aliphatic carbocycles. The Morgan fingerprint density at radius 2 is 0.829 bits per heavy atom. The highest BCUT2D eigenvalue weighted by Crippen LogP contribution is 2.60. The molecule has 12 aromatic rings. The Balaban J connectivity index is 0.966. The van der Waals surface area contributed by atoms with Crippen LogP contribution in [-0.4, -0.2) is 0 Å². The van der Waals surface area contributed by atoms with E-state index in [0.29, 0.717) is 0 Å². The molecule has 0 aliphatic heterocycles. The zero-order valence-electron chi connectivity index (χ0n) is 39.0.